The summed E-state index contributed by atoms with van der Waals surface area (Å²) in [5.74, 6) is -0.705. The summed E-state index contributed by atoms with van der Waals surface area (Å²) in [6, 6.07) is 7.10. The molecule has 2 atom stereocenters. The Balaban J connectivity index is 1.66. The number of thioether (sulfide) groups is 1. The number of carbonyl (C=O) groups is 1. The summed E-state index contributed by atoms with van der Waals surface area (Å²) < 4.78 is 64.9. The van der Waals surface area contributed by atoms with Crippen LogP contribution in [0.1, 0.15) is 11.4 Å². The van der Waals surface area contributed by atoms with E-state index in [0.717, 1.165) is 24.5 Å². The van der Waals surface area contributed by atoms with E-state index in [4.69, 9.17) is 11.6 Å². The van der Waals surface area contributed by atoms with Gasteiger partial charge in [-0.05, 0) is 45.9 Å². The van der Waals surface area contributed by atoms with Gasteiger partial charge in [0.2, 0.25) is 16.6 Å². The fourth-order valence-electron chi connectivity index (χ4n) is 4.34. The number of thiazole rings is 1. The summed E-state index contributed by atoms with van der Waals surface area (Å²) >= 11 is 13.8. The molecule has 186 valence electrons. The minimum atomic E-state index is -4.62. The minimum absolute atomic E-state index is 0.142. The van der Waals surface area contributed by atoms with Crippen LogP contribution in [-0.4, -0.2) is 45.5 Å². The van der Waals surface area contributed by atoms with Crippen LogP contribution in [0.25, 0.3) is 15.6 Å². The highest BCUT2D eigenvalue weighted by atomic mass is 79.9. The van der Waals surface area contributed by atoms with Gasteiger partial charge in [-0.25, -0.2) is 26.0 Å². The molecule has 2 aliphatic rings. The topological polar surface area (TPSA) is 124 Å². The molecule has 1 fully saturated rings. The van der Waals surface area contributed by atoms with E-state index in [9.17, 15) is 26.2 Å². The monoisotopic (exact) mass is 656 g/mol. The van der Waals surface area contributed by atoms with Crippen molar-refractivity contribution in [3.63, 3.8) is 0 Å². The van der Waals surface area contributed by atoms with E-state index >= 15 is 0 Å². The van der Waals surface area contributed by atoms with Crippen molar-refractivity contribution in [2.75, 3.05) is 12.8 Å². The van der Waals surface area contributed by atoms with E-state index in [-0.39, 0.29) is 17.4 Å². The largest absolute Gasteiger partial charge is 0.743 e. The molecule has 4 heterocycles. The average Bonchev–Trinajstić information content (AvgIpc) is 3.28. The number of hydrogen-bond acceptors (Lipinski definition) is 9. The number of nitrogens with one attached hydrogen (secondary N) is 1. The number of rotatable bonds is 5. The Morgan fingerprint density at radius 3 is 2.69 bits per heavy atom. The highest BCUT2D eigenvalue weighted by Gasteiger charge is 2.60. The fraction of sp³-hybridized carbons (Fsp3) is 0.263. The van der Waals surface area contributed by atoms with Crippen LogP contribution in [0.3, 0.4) is 0 Å². The standard InChI is InChI=1S/C19H15BrClN3O6S5/c1-34(26,27)22-15(25)9-23-16(31-13-7-14(20)33-19(13)23)8-17-24(5-4-18(24)35(28,29)30)11-6-10(21)2-3-12(11)32-17/h2-3,6-8,18H,4-5,9H2,1H3/p+1. The Kier molecular flexibility index (Phi) is 6.42. The van der Waals surface area contributed by atoms with Crippen LogP contribution in [-0.2, 0) is 31.5 Å². The van der Waals surface area contributed by atoms with Crippen molar-refractivity contribution in [2.45, 2.75) is 23.2 Å². The third-order valence-corrected chi connectivity index (χ3v) is 11.9. The molecule has 1 N–H and O–H groups in total. The molecule has 2 unspecified atom stereocenters. The maximum absolute atomic E-state index is 12.5. The normalized spacial score (nSPS) is 23.1. The first-order valence-corrected chi connectivity index (χ1v) is 16.9. The first kappa shape index (κ1) is 25.6. The Morgan fingerprint density at radius 1 is 1.31 bits per heavy atom. The quantitative estimate of drug-likeness (QED) is 0.253. The van der Waals surface area contributed by atoms with E-state index in [1.54, 1.807) is 28.8 Å². The molecule has 1 amide bonds. The number of hydrogen-bond donors (Lipinski definition) is 1. The van der Waals surface area contributed by atoms with Gasteiger partial charge in [-0.15, -0.1) is 0 Å². The Bertz CT molecular complexity index is 1650. The SMILES string of the molecule is CS(=O)(=O)NC(=O)C[n+]1c(C=C2Sc3ccc(Cl)cc3[N+]23CCC3S(=O)(=O)[O-])sc2cc(Br)sc21. The summed E-state index contributed by atoms with van der Waals surface area (Å²) in [6.07, 6.45) is 2.91. The van der Waals surface area contributed by atoms with Gasteiger partial charge in [0, 0.05) is 11.1 Å². The first-order valence-electron chi connectivity index (χ1n) is 9.93. The molecule has 0 radical (unpaired) electrons. The van der Waals surface area contributed by atoms with Crippen molar-refractivity contribution in [3.05, 3.63) is 43.1 Å². The lowest BCUT2D eigenvalue weighted by Gasteiger charge is -2.49. The summed E-state index contributed by atoms with van der Waals surface area (Å²) in [7, 11) is -8.36. The molecule has 1 spiro atoms. The van der Waals surface area contributed by atoms with Gasteiger partial charge in [0.05, 0.1) is 34.0 Å². The highest BCUT2D eigenvalue weighted by molar-refractivity contribution is 9.11. The third-order valence-electron chi connectivity index (χ3n) is 5.74. The van der Waals surface area contributed by atoms with Crippen molar-refractivity contribution in [2.24, 2.45) is 0 Å². The number of halogens is 2. The number of nitrogens with zero attached hydrogens (tertiary/aromatic N) is 2. The zero-order valence-electron chi connectivity index (χ0n) is 17.7. The summed E-state index contributed by atoms with van der Waals surface area (Å²) in [5.41, 5.74) is 0.659. The van der Waals surface area contributed by atoms with Crippen LogP contribution in [0.4, 0.5) is 5.69 Å². The number of carbonyl (C=O) groups excluding carboxylic acids is 1. The molecule has 2 aliphatic heterocycles. The average molecular weight is 658 g/mol. The molecule has 0 bridgehead atoms. The summed E-state index contributed by atoms with van der Waals surface area (Å²) in [5, 5.41) is 0.502. The summed E-state index contributed by atoms with van der Waals surface area (Å²) in [6.45, 7) is 0.157. The lowest BCUT2D eigenvalue weighted by atomic mass is 10.1. The van der Waals surface area contributed by atoms with E-state index in [1.165, 1.54) is 34.4 Å². The molecular formula is C19H16BrClN3O6S5+. The predicted molar refractivity (Wildman–Crippen MR) is 141 cm³/mol. The number of thiophene rings is 1. The van der Waals surface area contributed by atoms with E-state index in [1.807, 2.05) is 10.8 Å². The maximum atomic E-state index is 12.5. The lowest BCUT2D eigenvalue weighted by Crippen LogP contribution is -2.66. The second kappa shape index (κ2) is 8.77. The van der Waals surface area contributed by atoms with Gasteiger partial charge in [-0.1, -0.05) is 34.3 Å². The molecule has 3 aromatic rings. The number of amides is 1. The molecule has 0 aliphatic carbocycles. The van der Waals surface area contributed by atoms with Crippen molar-refractivity contribution < 1.29 is 30.7 Å². The van der Waals surface area contributed by atoms with Crippen LogP contribution < -0.4 is 13.8 Å². The van der Waals surface area contributed by atoms with Crippen LogP contribution in [0.15, 0.2) is 38.0 Å². The molecule has 0 saturated carbocycles. The Morgan fingerprint density at radius 2 is 2.06 bits per heavy atom. The fourth-order valence-corrected chi connectivity index (χ4v) is 10.7. The molecule has 1 aromatic carbocycles. The second-order valence-electron chi connectivity index (χ2n) is 8.07. The molecule has 5 rings (SSSR count). The highest BCUT2D eigenvalue weighted by Crippen LogP contribution is 2.58. The van der Waals surface area contributed by atoms with Gasteiger partial charge in [0.15, 0.2) is 26.2 Å². The second-order valence-corrected chi connectivity index (χ2v) is 16.3. The van der Waals surface area contributed by atoms with Crippen LogP contribution >= 0.6 is 62.0 Å². The van der Waals surface area contributed by atoms with E-state index in [0.29, 0.717) is 27.3 Å². The minimum Gasteiger partial charge on any atom is -0.743 e. The van der Waals surface area contributed by atoms with Gasteiger partial charge in [0.1, 0.15) is 4.70 Å². The van der Waals surface area contributed by atoms with Gasteiger partial charge in [-0.2, -0.15) is 4.57 Å². The number of aromatic nitrogens is 1. The molecule has 1 saturated heterocycles. The van der Waals surface area contributed by atoms with E-state index < -0.39 is 31.4 Å². The molecule has 2 aromatic heterocycles. The molecular weight excluding hydrogens is 642 g/mol. The molecule has 9 nitrogen and oxygen atoms in total. The Hall–Kier alpha value is -1.04. The van der Waals surface area contributed by atoms with Gasteiger partial charge >= 0.3 is 0 Å². The molecule has 35 heavy (non-hydrogen) atoms. The number of benzene rings is 1. The predicted octanol–water partition coefficient (Wildman–Crippen LogP) is 3.43. The van der Waals surface area contributed by atoms with Crippen molar-refractivity contribution in [1.29, 1.82) is 0 Å². The number of fused-ring (bicyclic) bond motifs is 3. The van der Waals surface area contributed by atoms with Crippen molar-refractivity contribution in [3.8, 4) is 0 Å². The van der Waals surface area contributed by atoms with Crippen LogP contribution in [0.5, 0.6) is 0 Å². The van der Waals surface area contributed by atoms with Gasteiger partial charge in [-0.3, -0.25) is 4.79 Å². The Labute approximate surface area is 226 Å². The maximum Gasteiger partial charge on any atom is 0.299 e. The van der Waals surface area contributed by atoms with Gasteiger partial charge < -0.3 is 4.55 Å². The molecule has 16 heteroatoms. The van der Waals surface area contributed by atoms with Crippen LogP contribution in [0, 0.1) is 0 Å². The number of quaternary nitrogens is 1. The van der Waals surface area contributed by atoms with E-state index in [2.05, 4.69) is 15.9 Å². The van der Waals surface area contributed by atoms with Crippen molar-refractivity contribution >= 4 is 109 Å². The van der Waals surface area contributed by atoms with Crippen molar-refractivity contribution in [1.82, 2.24) is 9.21 Å². The third kappa shape index (κ3) is 4.59. The lowest BCUT2D eigenvalue weighted by molar-refractivity contribution is -0.653. The summed E-state index contributed by atoms with van der Waals surface area (Å²) in [4.78, 5) is 14.0. The zero-order valence-corrected chi connectivity index (χ0v) is 24.2. The number of sulfonamides is 1. The first-order chi connectivity index (χ1) is 16.3. The van der Waals surface area contributed by atoms with Crippen LogP contribution in [0.2, 0.25) is 5.02 Å². The zero-order chi connectivity index (χ0) is 25.3. The van der Waals surface area contributed by atoms with Gasteiger partial charge in [0.25, 0.3) is 15.7 Å². The smallest absolute Gasteiger partial charge is 0.299 e.